The van der Waals surface area contributed by atoms with Gasteiger partial charge in [0.15, 0.2) is 5.96 Å². The Morgan fingerprint density at radius 1 is 1.29 bits per heavy atom. The zero-order valence-corrected chi connectivity index (χ0v) is 13.1. The van der Waals surface area contributed by atoms with Crippen LogP contribution in [0.15, 0.2) is 35.3 Å². The van der Waals surface area contributed by atoms with Gasteiger partial charge in [0.1, 0.15) is 0 Å². The number of hydrogen-bond acceptors (Lipinski definition) is 2. The van der Waals surface area contributed by atoms with Gasteiger partial charge in [-0.3, -0.25) is 4.99 Å². The third-order valence-corrected chi connectivity index (χ3v) is 2.97. The molecule has 0 bridgehead atoms. The van der Waals surface area contributed by atoms with Gasteiger partial charge in [0.25, 0.3) is 0 Å². The van der Waals surface area contributed by atoms with E-state index in [1.54, 1.807) is 0 Å². The summed E-state index contributed by atoms with van der Waals surface area (Å²) in [6.07, 6.45) is 6.26. The smallest absolute Gasteiger partial charge is 0.192 e. The van der Waals surface area contributed by atoms with E-state index in [1.165, 1.54) is 5.56 Å². The van der Waals surface area contributed by atoms with Crippen molar-refractivity contribution in [2.45, 2.75) is 19.9 Å². The van der Waals surface area contributed by atoms with Crippen LogP contribution in [0.2, 0.25) is 0 Å². The lowest BCUT2D eigenvalue weighted by molar-refractivity contribution is 0.324. The molecule has 4 heteroatoms. The Morgan fingerprint density at radius 3 is 2.71 bits per heavy atom. The van der Waals surface area contributed by atoms with Crippen LogP contribution in [0.4, 0.5) is 0 Å². The SMILES string of the molecule is C#CCNC(=NCCCN(C)Cc1ccccc1)NCC. The van der Waals surface area contributed by atoms with Crippen molar-refractivity contribution in [2.75, 3.05) is 33.2 Å². The van der Waals surface area contributed by atoms with Crippen LogP contribution in [0, 0.1) is 12.3 Å². The third-order valence-electron chi connectivity index (χ3n) is 2.97. The highest BCUT2D eigenvalue weighted by Crippen LogP contribution is 2.02. The largest absolute Gasteiger partial charge is 0.357 e. The highest BCUT2D eigenvalue weighted by atomic mass is 15.2. The van der Waals surface area contributed by atoms with Crippen molar-refractivity contribution in [1.29, 1.82) is 0 Å². The first kappa shape index (κ1) is 17.1. The number of hydrogen-bond donors (Lipinski definition) is 2. The van der Waals surface area contributed by atoms with Crippen molar-refractivity contribution in [3.05, 3.63) is 35.9 Å². The van der Waals surface area contributed by atoms with E-state index in [2.05, 4.69) is 57.8 Å². The number of guanidine groups is 1. The van der Waals surface area contributed by atoms with Crippen LogP contribution >= 0.6 is 0 Å². The van der Waals surface area contributed by atoms with Gasteiger partial charge in [-0.05, 0) is 32.5 Å². The summed E-state index contributed by atoms with van der Waals surface area (Å²) in [5.41, 5.74) is 1.34. The van der Waals surface area contributed by atoms with Crippen LogP contribution in [0.3, 0.4) is 0 Å². The molecule has 2 N–H and O–H groups in total. The highest BCUT2D eigenvalue weighted by molar-refractivity contribution is 5.79. The van der Waals surface area contributed by atoms with Crippen molar-refractivity contribution < 1.29 is 0 Å². The second-order valence-corrected chi connectivity index (χ2v) is 4.90. The molecular formula is C17H26N4. The molecule has 1 rings (SSSR count). The second-order valence-electron chi connectivity index (χ2n) is 4.90. The molecule has 4 nitrogen and oxygen atoms in total. The maximum Gasteiger partial charge on any atom is 0.192 e. The van der Waals surface area contributed by atoms with Crippen molar-refractivity contribution in [1.82, 2.24) is 15.5 Å². The Hall–Kier alpha value is -1.99. The van der Waals surface area contributed by atoms with Gasteiger partial charge < -0.3 is 15.5 Å². The van der Waals surface area contributed by atoms with Crippen LogP contribution in [0.5, 0.6) is 0 Å². The van der Waals surface area contributed by atoms with E-state index in [1.807, 2.05) is 13.0 Å². The molecule has 0 aliphatic heterocycles. The first-order valence-electron chi connectivity index (χ1n) is 7.44. The number of benzene rings is 1. The van der Waals surface area contributed by atoms with Crippen molar-refractivity contribution >= 4 is 5.96 Å². The minimum Gasteiger partial charge on any atom is -0.357 e. The Kier molecular flexibility index (Phi) is 8.74. The Bertz CT molecular complexity index is 448. The zero-order valence-electron chi connectivity index (χ0n) is 13.1. The third kappa shape index (κ3) is 8.01. The molecule has 0 radical (unpaired) electrons. The molecule has 0 atom stereocenters. The molecule has 0 saturated carbocycles. The van der Waals surface area contributed by atoms with E-state index in [4.69, 9.17) is 6.42 Å². The van der Waals surface area contributed by atoms with Gasteiger partial charge >= 0.3 is 0 Å². The maximum atomic E-state index is 5.24. The topological polar surface area (TPSA) is 39.7 Å². The molecule has 1 aromatic rings. The predicted molar refractivity (Wildman–Crippen MR) is 90.2 cm³/mol. The molecule has 0 spiro atoms. The van der Waals surface area contributed by atoms with Gasteiger partial charge in [-0.25, -0.2) is 0 Å². The Morgan fingerprint density at radius 2 is 2.05 bits per heavy atom. The van der Waals surface area contributed by atoms with Crippen molar-refractivity contribution in [3.8, 4) is 12.3 Å². The summed E-state index contributed by atoms with van der Waals surface area (Å²) in [7, 11) is 2.14. The van der Waals surface area contributed by atoms with Gasteiger partial charge in [0.05, 0.1) is 6.54 Å². The fourth-order valence-electron chi connectivity index (χ4n) is 1.98. The average molecular weight is 286 g/mol. The summed E-state index contributed by atoms with van der Waals surface area (Å²) in [6, 6.07) is 10.5. The number of nitrogens with one attached hydrogen (secondary N) is 2. The van der Waals surface area contributed by atoms with Crippen LogP contribution < -0.4 is 10.6 Å². The summed E-state index contributed by atoms with van der Waals surface area (Å²) < 4.78 is 0. The first-order chi connectivity index (χ1) is 10.3. The van der Waals surface area contributed by atoms with Gasteiger partial charge in [-0.15, -0.1) is 6.42 Å². The fourth-order valence-corrected chi connectivity index (χ4v) is 1.98. The van der Waals surface area contributed by atoms with Gasteiger partial charge in [-0.1, -0.05) is 36.3 Å². The van der Waals surface area contributed by atoms with E-state index < -0.39 is 0 Å². The average Bonchev–Trinajstić information content (AvgIpc) is 2.50. The van der Waals surface area contributed by atoms with Gasteiger partial charge in [-0.2, -0.15) is 0 Å². The molecule has 0 fully saturated rings. The normalized spacial score (nSPS) is 11.2. The lowest BCUT2D eigenvalue weighted by Crippen LogP contribution is -2.37. The van der Waals surface area contributed by atoms with Crippen molar-refractivity contribution in [3.63, 3.8) is 0 Å². The molecule has 21 heavy (non-hydrogen) atoms. The summed E-state index contributed by atoms with van der Waals surface area (Å²) >= 11 is 0. The zero-order chi connectivity index (χ0) is 15.3. The Labute approximate surface area is 128 Å². The van der Waals surface area contributed by atoms with E-state index in [0.29, 0.717) is 6.54 Å². The molecule has 0 saturated heterocycles. The number of terminal acetylenes is 1. The fraction of sp³-hybridized carbons (Fsp3) is 0.471. The molecule has 0 aliphatic rings. The number of rotatable bonds is 8. The minimum atomic E-state index is 0.500. The van der Waals surface area contributed by atoms with Gasteiger partial charge in [0, 0.05) is 19.6 Å². The summed E-state index contributed by atoms with van der Waals surface area (Å²) in [5.74, 6) is 3.35. The van der Waals surface area contributed by atoms with E-state index in [0.717, 1.165) is 38.6 Å². The lowest BCUT2D eigenvalue weighted by Gasteiger charge is -2.16. The predicted octanol–water partition coefficient (Wildman–Crippen LogP) is 1.70. The summed E-state index contributed by atoms with van der Waals surface area (Å²) in [4.78, 5) is 6.81. The van der Waals surface area contributed by atoms with E-state index in [-0.39, 0.29) is 0 Å². The lowest BCUT2D eigenvalue weighted by atomic mass is 10.2. The summed E-state index contributed by atoms with van der Waals surface area (Å²) in [5, 5.41) is 6.26. The second kappa shape index (κ2) is 10.8. The molecule has 0 aliphatic carbocycles. The number of nitrogens with zero attached hydrogens (tertiary/aromatic N) is 2. The molecule has 0 unspecified atom stereocenters. The molecule has 0 amide bonds. The maximum absolute atomic E-state index is 5.24. The summed E-state index contributed by atoms with van der Waals surface area (Å²) in [6.45, 7) is 6.16. The van der Waals surface area contributed by atoms with Crippen LogP contribution in [0.1, 0.15) is 18.9 Å². The van der Waals surface area contributed by atoms with Gasteiger partial charge in [0.2, 0.25) is 0 Å². The molecule has 0 aromatic heterocycles. The van der Waals surface area contributed by atoms with Crippen molar-refractivity contribution in [2.24, 2.45) is 4.99 Å². The van der Waals surface area contributed by atoms with Crippen LogP contribution in [0.25, 0.3) is 0 Å². The highest BCUT2D eigenvalue weighted by Gasteiger charge is 2.00. The monoisotopic (exact) mass is 286 g/mol. The van der Waals surface area contributed by atoms with Crippen LogP contribution in [-0.4, -0.2) is 44.1 Å². The molecular weight excluding hydrogens is 260 g/mol. The molecule has 114 valence electrons. The molecule has 0 heterocycles. The van der Waals surface area contributed by atoms with Crippen LogP contribution in [-0.2, 0) is 6.54 Å². The van der Waals surface area contributed by atoms with E-state index >= 15 is 0 Å². The molecule has 1 aromatic carbocycles. The standard InChI is InChI=1S/C17H26N4/c1-4-12-19-17(18-5-2)20-13-9-14-21(3)15-16-10-7-6-8-11-16/h1,6-8,10-11H,5,9,12-15H2,2-3H3,(H2,18,19,20). The number of aliphatic imine (C=N–C) groups is 1. The van der Waals surface area contributed by atoms with E-state index in [9.17, 15) is 0 Å². The quantitative estimate of drug-likeness (QED) is 0.331. The Balaban J connectivity index is 2.26. The first-order valence-corrected chi connectivity index (χ1v) is 7.44. The minimum absolute atomic E-state index is 0.500.